The van der Waals surface area contributed by atoms with Gasteiger partial charge >= 0.3 is 0 Å². The van der Waals surface area contributed by atoms with Gasteiger partial charge in [0.25, 0.3) is 5.91 Å². The van der Waals surface area contributed by atoms with Gasteiger partial charge in [-0.2, -0.15) is 0 Å². The van der Waals surface area contributed by atoms with Gasteiger partial charge in [-0.3, -0.25) is 4.79 Å². The molecule has 0 saturated carbocycles. The number of nitrogens with zero attached hydrogens (tertiary/aromatic N) is 1. The summed E-state index contributed by atoms with van der Waals surface area (Å²) >= 11 is 0. The Kier molecular flexibility index (Phi) is 6.58. The van der Waals surface area contributed by atoms with Crippen LogP contribution in [0.1, 0.15) is 32.3 Å². The van der Waals surface area contributed by atoms with Crippen molar-refractivity contribution in [2.24, 2.45) is 4.99 Å². The Morgan fingerprint density at radius 1 is 1.48 bits per heavy atom. The molecule has 0 unspecified atom stereocenters. The number of rotatable bonds is 9. The number of ether oxygens (including phenoxy) is 2. The first-order valence-electron chi connectivity index (χ1n) is 8.49. The van der Waals surface area contributed by atoms with Crippen LogP contribution in [0.3, 0.4) is 0 Å². The molecule has 1 amide bonds. The molecule has 1 heterocycles. The molecule has 6 nitrogen and oxygen atoms in total. The largest absolute Gasteiger partial charge is 0.494 e. The van der Waals surface area contributed by atoms with Gasteiger partial charge in [0.2, 0.25) is 5.90 Å². The number of benzene rings is 1. The Labute approximate surface area is 148 Å². The first-order chi connectivity index (χ1) is 12.0. The molecule has 0 spiro atoms. The van der Waals surface area contributed by atoms with Crippen LogP contribution in [0.15, 0.2) is 41.9 Å². The molecular formula is C19H26N2O4. The molecule has 25 heavy (non-hydrogen) atoms. The highest BCUT2D eigenvalue weighted by molar-refractivity contribution is 6.00. The zero-order chi connectivity index (χ0) is 18.3. The van der Waals surface area contributed by atoms with Crippen molar-refractivity contribution in [3.05, 3.63) is 42.5 Å². The molecule has 2 rings (SSSR count). The topological polar surface area (TPSA) is 80.2 Å². The van der Waals surface area contributed by atoms with Crippen molar-refractivity contribution in [2.45, 2.75) is 38.3 Å². The maximum Gasteiger partial charge on any atom is 0.252 e. The van der Waals surface area contributed by atoms with Crippen molar-refractivity contribution in [1.29, 1.82) is 0 Å². The Bertz CT molecular complexity index is 625. The van der Waals surface area contributed by atoms with Crippen LogP contribution in [0.4, 0.5) is 0 Å². The molecule has 1 atom stereocenters. The smallest absolute Gasteiger partial charge is 0.252 e. The third-order valence-electron chi connectivity index (χ3n) is 3.76. The Morgan fingerprint density at radius 3 is 2.80 bits per heavy atom. The lowest BCUT2D eigenvalue weighted by Gasteiger charge is -2.22. The number of aliphatic hydroxyl groups excluding tert-OH is 1. The Balaban J connectivity index is 2.14. The number of amides is 1. The zero-order valence-corrected chi connectivity index (χ0v) is 14.8. The Morgan fingerprint density at radius 2 is 2.20 bits per heavy atom. The second kappa shape index (κ2) is 8.67. The number of aliphatic hydroxyl groups is 1. The summed E-state index contributed by atoms with van der Waals surface area (Å²) in [6, 6.07) is 7.36. The van der Waals surface area contributed by atoms with E-state index >= 15 is 0 Å². The summed E-state index contributed by atoms with van der Waals surface area (Å²) in [5.74, 6) is 1.01. The van der Waals surface area contributed by atoms with Crippen LogP contribution in [0.25, 0.3) is 0 Å². The second-order valence-corrected chi connectivity index (χ2v) is 6.31. The van der Waals surface area contributed by atoms with Crippen LogP contribution in [0, 0.1) is 0 Å². The van der Waals surface area contributed by atoms with E-state index in [1.54, 1.807) is 6.08 Å². The van der Waals surface area contributed by atoms with Crippen molar-refractivity contribution in [1.82, 2.24) is 5.32 Å². The van der Waals surface area contributed by atoms with Crippen LogP contribution >= 0.6 is 0 Å². The molecule has 0 saturated heterocycles. The first-order valence-corrected chi connectivity index (χ1v) is 8.49. The summed E-state index contributed by atoms with van der Waals surface area (Å²) < 4.78 is 11.2. The van der Waals surface area contributed by atoms with E-state index < -0.39 is 5.54 Å². The molecule has 0 aromatic heterocycles. The summed E-state index contributed by atoms with van der Waals surface area (Å²) in [6.07, 6.45) is 2.69. The average Bonchev–Trinajstić information content (AvgIpc) is 3.01. The monoisotopic (exact) mass is 346 g/mol. The van der Waals surface area contributed by atoms with Crippen LogP contribution in [-0.2, 0) is 9.53 Å². The van der Waals surface area contributed by atoms with Gasteiger partial charge in [0.05, 0.1) is 6.61 Å². The van der Waals surface area contributed by atoms with E-state index in [0.29, 0.717) is 31.1 Å². The molecular weight excluding hydrogens is 320 g/mol. The minimum Gasteiger partial charge on any atom is -0.494 e. The molecule has 1 aromatic carbocycles. The number of hydrogen-bond acceptors (Lipinski definition) is 5. The van der Waals surface area contributed by atoms with Gasteiger partial charge in [0.15, 0.2) is 5.54 Å². The summed E-state index contributed by atoms with van der Waals surface area (Å²) in [7, 11) is 0. The molecule has 1 aromatic rings. The third kappa shape index (κ3) is 4.82. The van der Waals surface area contributed by atoms with Gasteiger partial charge in [-0.05, 0) is 38.1 Å². The SMILES string of the molecule is C=CC[C@]1(C(=O)NC(C)C)COC(c2ccc(OCCCO)cc2)=N1. The Hall–Kier alpha value is -2.34. The minimum atomic E-state index is -0.961. The molecule has 0 aliphatic carbocycles. The van der Waals surface area contributed by atoms with E-state index in [1.807, 2.05) is 38.1 Å². The molecule has 2 N–H and O–H groups in total. The summed E-state index contributed by atoms with van der Waals surface area (Å²) in [6.45, 7) is 8.32. The summed E-state index contributed by atoms with van der Waals surface area (Å²) in [5.41, 5.74) is -0.171. The minimum absolute atomic E-state index is 0.0313. The first kappa shape index (κ1) is 19.0. The van der Waals surface area contributed by atoms with Gasteiger partial charge in [-0.25, -0.2) is 4.99 Å². The molecule has 1 aliphatic heterocycles. The van der Waals surface area contributed by atoms with E-state index in [4.69, 9.17) is 14.6 Å². The third-order valence-corrected chi connectivity index (χ3v) is 3.76. The summed E-state index contributed by atoms with van der Waals surface area (Å²) in [4.78, 5) is 17.1. The van der Waals surface area contributed by atoms with Crippen LogP contribution in [-0.4, -0.2) is 48.3 Å². The lowest BCUT2D eigenvalue weighted by atomic mass is 9.96. The van der Waals surface area contributed by atoms with E-state index in [-0.39, 0.29) is 25.2 Å². The number of carbonyl (C=O) groups excluding carboxylic acids is 1. The van der Waals surface area contributed by atoms with Crippen molar-refractivity contribution < 1.29 is 19.4 Å². The maximum absolute atomic E-state index is 12.6. The lowest BCUT2D eigenvalue weighted by Crippen LogP contribution is -2.48. The molecule has 0 bridgehead atoms. The van der Waals surface area contributed by atoms with Crippen molar-refractivity contribution in [3.8, 4) is 5.75 Å². The average molecular weight is 346 g/mol. The van der Waals surface area contributed by atoms with Crippen molar-refractivity contribution in [2.75, 3.05) is 19.8 Å². The molecule has 136 valence electrons. The van der Waals surface area contributed by atoms with Gasteiger partial charge in [-0.15, -0.1) is 6.58 Å². The fourth-order valence-electron chi connectivity index (χ4n) is 2.49. The molecule has 0 fully saturated rings. The summed E-state index contributed by atoms with van der Waals surface area (Å²) in [5, 5.41) is 11.7. The highest BCUT2D eigenvalue weighted by Crippen LogP contribution is 2.27. The normalized spacial score (nSPS) is 19.3. The molecule has 0 radical (unpaired) electrons. The van der Waals surface area contributed by atoms with Gasteiger partial charge < -0.3 is 19.9 Å². The number of aliphatic imine (C=N–C) groups is 1. The number of carbonyl (C=O) groups is 1. The second-order valence-electron chi connectivity index (χ2n) is 6.31. The highest BCUT2D eigenvalue weighted by Gasteiger charge is 2.43. The fourth-order valence-corrected chi connectivity index (χ4v) is 2.49. The van der Waals surface area contributed by atoms with Crippen molar-refractivity contribution >= 4 is 11.8 Å². The zero-order valence-electron chi connectivity index (χ0n) is 14.8. The van der Waals surface area contributed by atoms with Crippen LogP contribution in [0.5, 0.6) is 5.75 Å². The number of nitrogens with one attached hydrogen (secondary N) is 1. The van der Waals surface area contributed by atoms with Gasteiger partial charge in [-0.1, -0.05) is 6.08 Å². The van der Waals surface area contributed by atoms with E-state index in [0.717, 1.165) is 5.56 Å². The molecule has 6 heteroatoms. The van der Waals surface area contributed by atoms with E-state index in [2.05, 4.69) is 16.9 Å². The van der Waals surface area contributed by atoms with Gasteiger partial charge in [0, 0.05) is 31.1 Å². The lowest BCUT2D eigenvalue weighted by molar-refractivity contribution is -0.127. The van der Waals surface area contributed by atoms with Crippen LogP contribution in [0.2, 0.25) is 0 Å². The van der Waals surface area contributed by atoms with Gasteiger partial charge in [0.1, 0.15) is 12.4 Å². The van der Waals surface area contributed by atoms with Crippen molar-refractivity contribution in [3.63, 3.8) is 0 Å². The predicted octanol–water partition coefficient (Wildman–Crippen LogP) is 2.06. The molecule has 1 aliphatic rings. The van der Waals surface area contributed by atoms with Crippen LogP contribution < -0.4 is 10.1 Å². The quantitative estimate of drug-likeness (QED) is 0.530. The highest BCUT2D eigenvalue weighted by atomic mass is 16.5. The maximum atomic E-state index is 12.6. The van der Waals surface area contributed by atoms with E-state index in [1.165, 1.54) is 0 Å². The fraction of sp³-hybridized carbons (Fsp3) is 0.474. The predicted molar refractivity (Wildman–Crippen MR) is 97.0 cm³/mol. The number of hydrogen-bond donors (Lipinski definition) is 2. The van der Waals surface area contributed by atoms with E-state index in [9.17, 15) is 4.79 Å². The standard InChI is InChI=1S/C19H26N2O4/c1-4-10-19(18(23)20-14(2)3)13-25-17(21-19)15-6-8-16(9-7-15)24-12-5-11-22/h4,6-9,14,22H,1,5,10-13H2,2-3H3,(H,20,23)/t19-/m1/s1.